The highest BCUT2D eigenvalue weighted by atomic mass is 35.5. The fraction of sp³-hybridized carbons (Fsp3) is 0.238. The number of aromatic nitrogens is 2. The first kappa shape index (κ1) is 19.7. The average molecular weight is 430 g/mol. The van der Waals surface area contributed by atoms with Crippen molar-refractivity contribution in [2.75, 3.05) is 14.2 Å². The van der Waals surface area contributed by atoms with Crippen LogP contribution in [0.25, 0.3) is 11.3 Å². The molecule has 1 amide bonds. The maximum atomic E-state index is 12.9. The lowest BCUT2D eigenvalue weighted by Gasteiger charge is -2.17. The quantitative estimate of drug-likeness (QED) is 0.655. The largest absolute Gasteiger partial charge is 0.497 e. The zero-order chi connectivity index (χ0) is 20.5. The Balaban J connectivity index is 1.59. The molecule has 150 valence electrons. The Kier molecular flexibility index (Phi) is 5.43. The number of nitrogens with zero attached hydrogens (tertiary/aromatic N) is 2. The van der Waals surface area contributed by atoms with Gasteiger partial charge in [-0.05, 0) is 30.3 Å². The van der Waals surface area contributed by atoms with E-state index in [1.807, 2.05) is 37.4 Å². The molecule has 0 atom stereocenters. The van der Waals surface area contributed by atoms with Crippen LogP contribution in [0.1, 0.15) is 21.6 Å². The number of benzene rings is 2. The minimum absolute atomic E-state index is 0.217. The standard InChI is InChI=1S/C21H20ClN3O3S/c1-25-20-15-8-13(22)5-7-18(15)29-11-16(20)19(24-25)21(26)23-10-12-4-6-14(27-2)9-17(12)28-3/h4-9H,10-11H2,1-3H3,(H,23,26). The van der Waals surface area contributed by atoms with E-state index in [9.17, 15) is 4.79 Å². The second-order valence-corrected chi connectivity index (χ2v) is 8.04. The van der Waals surface area contributed by atoms with Crippen LogP contribution in [0.4, 0.5) is 0 Å². The highest BCUT2D eigenvalue weighted by molar-refractivity contribution is 7.98. The van der Waals surface area contributed by atoms with Crippen molar-refractivity contribution in [2.24, 2.45) is 7.05 Å². The molecule has 8 heteroatoms. The predicted octanol–water partition coefficient (Wildman–Crippen LogP) is 4.29. The lowest BCUT2D eigenvalue weighted by atomic mass is 10.1. The first-order chi connectivity index (χ1) is 14.0. The van der Waals surface area contributed by atoms with Crippen LogP contribution in [-0.4, -0.2) is 29.9 Å². The summed E-state index contributed by atoms with van der Waals surface area (Å²) in [6.45, 7) is 0.326. The number of hydrogen-bond donors (Lipinski definition) is 1. The zero-order valence-electron chi connectivity index (χ0n) is 16.3. The van der Waals surface area contributed by atoms with Crippen LogP contribution in [0.3, 0.4) is 0 Å². The Morgan fingerprint density at radius 2 is 2.07 bits per heavy atom. The molecule has 6 nitrogen and oxygen atoms in total. The molecular formula is C21H20ClN3O3S. The van der Waals surface area contributed by atoms with Crippen molar-refractivity contribution in [1.29, 1.82) is 0 Å². The van der Waals surface area contributed by atoms with E-state index in [0.29, 0.717) is 34.5 Å². The van der Waals surface area contributed by atoms with Crippen molar-refractivity contribution >= 4 is 29.3 Å². The maximum absolute atomic E-state index is 12.9. The first-order valence-electron chi connectivity index (χ1n) is 8.99. The molecule has 0 saturated carbocycles. The highest BCUT2D eigenvalue weighted by Crippen LogP contribution is 2.43. The number of amides is 1. The van der Waals surface area contributed by atoms with E-state index in [0.717, 1.165) is 27.3 Å². The zero-order valence-corrected chi connectivity index (χ0v) is 17.9. The van der Waals surface area contributed by atoms with Gasteiger partial charge in [0.2, 0.25) is 0 Å². The van der Waals surface area contributed by atoms with Crippen molar-refractivity contribution in [3.8, 4) is 22.8 Å². The smallest absolute Gasteiger partial charge is 0.272 e. The maximum Gasteiger partial charge on any atom is 0.272 e. The summed E-state index contributed by atoms with van der Waals surface area (Å²) in [4.78, 5) is 14.1. The van der Waals surface area contributed by atoms with E-state index in [1.165, 1.54) is 0 Å². The Hall–Kier alpha value is -2.64. The van der Waals surface area contributed by atoms with Gasteiger partial charge in [-0.2, -0.15) is 5.10 Å². The number of aryl methyl sites for hydroxylation is 1. The molecule has 0 spiro atoms. The van der Waals surface area contributed by atoms with Gasteiger partial charge in [-0.3, -0.25) is 9.48 Å². The minimum Gasteiger partial charge on any atom is -0.497 e. The molecule has 0 unspecified atom stereocenters. The van der Waals surface area contributed by atoms with Gasteiger partial charge in [0.1, 0.15) is 11.5 Å². The summed E-state index contributed by atoms with van der Waals surface area (Å²) in [6.07, 6.45) is 0. The highest BCUT2D eigenvalue weighted by Gasteiger charge is 2.28. The number of thioether (sulfide) groups is 1. The van der Waals surface area contributed by atoms with Crippen molar-refractivity contribution in [1.82, 2.24) is 15.1 Å². The molecular weight excluding hydrogens is 410 g/mol. The second kappa shape index (κ2) is 8.00. The molecule has 1 N–H and O–H groups in total. The number of fused-ring (bicyclic) bond motifs is 3. The van der Waals surface area contributed by atoms with Gasteiger partial charge in [0.25, 0.3) is 5.91 Å². The Morgan fingerprint density at radius 1 is 1.24 bits per heavy atom. The van der Waals surface area contributed by atoms with Crippen LogP contribution in [0.15, 0.2) is 41.3 Å². The summed E-state index contributed by atoms with van der Waals surface area (Å²) >= 11 is 7.88. The molecule has 0 aliphatic carbocycles. The fourth-order valence-corrected chi connectivity index (χ4v) is 4.66. The molecule has 4 rings (SSSR count). The summed E-state index contributed by atoms with van der Waals surface area (Å²) in [5, 5.41) is 8.12. The molecule has 0 bridgehead atoms. The van der Waals surface area contributed by atoms with Crippen molar-refractivity contribution in [3.63, 3.8) is 0 Å². The number of ether oxygens (including phenoxy) is 2. The van der Waals surface area contributed by atoms with E-state index < -0.39 is 0 Å². The van der Waals surface area contributed by atoms with Crippen LogP contribution in [0, 0.1) is 0 Å². The first-order valence-corrected chi connectivity index (χ1v) is 10.4. The molecule has 1 aliphatic rings. The van der Waals surface area contributed by atoms with Gasteiger partial charge >= 0.3 is 0 Å². The molecule has 2 heterocycles. The third kappa shape index (κ3) is 3.68. The molecule has 29 heavy (non-hydrogen) atoms. The van der Waals surface area contributed by atoms with E-state index in [1.54, 1.807) is 36.7 Å². The molecule has 0 fully saturated rings. The average Bonchev–Trinajstić information content (AvgIpc) is 3.08. The molecule has 0 saturated heterocycles. The number of halogens is 1. The summed E-state index contributed by atoms with van der Waals surface area (Å²) < 4.78 is 12.4. The van der Waals surface area contributed by atoms with E-state index in [4.69, 9.17) is 21.1 Å². The summed E-state index contributed by atoms with van der Waals surface area (Å²) in [6, 6.07) is 11.3. The number of hydrogen-bond acceptors (Lipinski definition) is 5. The van der Waals surface area contributed by atoms with Gasteiger partial charge in [0, 0.05) is 52.0 Å². The SMILES string of the molecule is COc1ccc(CNC(=O)c2nn(C)c3c2CSc2ccc(Cl)cc2-3)c(OC)c1. The van der Waals surface area contributed by atoms with Crippen LogP contribution in [-0.2, 0) is 19.3 Å². The molecule has 1 aromatic heterocycles. The second-order valence-electron chi connectivity index (χ2n) is 6.59. The van der Waals surface area contributed by atoms with Crippen LogP contribution in [0.5, 0.6) is 11.5 Å². The molecule has 1 aliphatic heterocycles. The monoisotopic (exact) mass is 429 g/mol. The van der Waals surface area contributed by atoms with E-state index in [-0.39, 0.29) is 5.91 Å². The predicted molar refractivity (Wildman–Crippen MR) is 114 cm³/mol. The lowest BCUT2D eigenvalue weighted by Crippen LogP contribution is -2.24. The number of nitrogens with one attached hydrogen (secondary N) is 1. The van der Waals surface area contributed by atoms with Gasteiger partial charge < -0.3 is 14.8 Å². The third-order valence-corrected chi connectivity index (χ3v) is 6.20. The van der Waals surface area contributed by atoms with Crippen LogP contribution < -0.4 is 14.8 Å². The van der Waals surface area contributed by atoms with Gasteiger partial charge in [-0.25, -0.2) is 0 Å². The Bertz CT molecular complexity index is 1100. The van der Waals surface area contributed by atoms with Crippen LogP contribution in [0.2, 0.25) is 5.02 Å². The lowest BCUT2D eigenvalue weighted by molar-refractivity contribution is 0.0944. The van der Waals surface area contributed by atoms with Crippen molar-refractivity contribution in [3.05, 3.63) is 58.2 Å². The van der Waals surface area contributed by atoms with Gasteiger partial charge in [0.05, 0.1) is 19.9 Å². The van der Waals surface area contributed by atoms with E-state index >= 15 is 0 Å². The van der Waals surface area contributed by atoms with Crippen molar-refractivity contribution < 1.29 is 14.3 Å². The van der Waals surface area contributed by atoms with Gasteiger partial charge in [0.15, 0.2) is 5.69 Å². The molecule has 2 aromatic carbocycles. The van der Waals surface area contributed by atoms with Crippen molar-refractivity contribution in [2.45, 2.75) is 17.2 Å². The number of rotatable bonds is 5. The molecule has 0 radical (unpaired) electrons. The number of carbonyl (C=O) groups excluding carboxylic acids is 1. The van der Waals surface area contributed by atoms with Gasteiger partial charge in [-0.1, -0.05) is 11.6 Å². The summed E-state index contributed by atoms with van der Waals surface area (Å²) in [5.41, 5.74) is 4.17. The fourth-order valence-electron chi connectivity index (χ4n) is 3.44. The number of methoxy groups -OCH3 is 2. The normalized spacial score (nSPS) is 12.1. The molecule has 3 aromatic rings. The number of carbonyl (C=O) groups is 1. The Labute approximate surface area is 178 Å². The van der Waals surface area contributed by atoms with E-state index in [2.05, 4.69) is 10.4 Å². The summed E-state index contributed by atoms with van der Waals surface area (Å²) in [5.74, 6) is 1.83. The topological polar surface area (TPSA) is 65.4 Å². The third-order valence-electron chi connectivity index (χ3n) is 4.86. The van der Waals surface area contributed by atoms with Gasteiger partial charge in [-0.15, -0.1) is 11.8 Å². The Morgan fingerprint density at radius 3 is 2.83 bits per heavy atom. The summed E-state index contributed by atoms with van der Waals surface area (Å²) in [7, 11) is 5.04. The van der Waals surface area contributed by atoms with Crippen LogP contribution >= 0.6 is 23.4 Å². The minimum atomic E-state index is -0.217.